The number of para-hydroxylation sites is 6. The molecular weight excluding hydrogens is 1810 g/mol. The van der Waals surface area contributed by atoms with Gasteiger partial charge in [0, 0.05) is 99.5 Å². The van der Waals surface area contributed by atoms with Crippen molar-refractivity contribution in [3.05, 3.63) is 489 Å². The van der Waals surface area contributed by atoms with Gasteiger partial charge in [0.2, 0.25) is 10.7 Å². The number of fused-ring (bicyclic) bond motifs is 28. The maximum atomic E-state index is 7.03. The Bertz CT molecular complexity index is 10200. The molecule has 1 aliphatic carbocycles. The normalized spacial score (nSPS) is 11.9. The van der Waals surface area contributed by atoms with E-state index in [1.165, 1.54) is 142 Å². The van der Waals surface area contributed by atoms with E-state index in [4.69, 9.17) is 23.8 Å². The molecule has 29 aromatic rings. The molecule has 0 bridgehead atoms. The quantitative estimate of drug-likeness (QED) is 0.126. The SMILES string of the molecule is Brc1nc(-c2ccccc2)nc(-c2ccc(-c3cccc4ccccc34)cc2)n1.c1ccc(-c2nc(-c3ccc(-c4cccc5ccccc45)cc3)nc(-n3c4ccc(-c5ccc6c(c5)c5ccccc5n6-c5ccccc5)cc4c4c5ccccc5c5c6ccccc6oc5c43)n2)cc1.c1ccc(-n2c3ccccc3c3cc(-c4ccc5c(c4)-c4c(c6oc7ccccc7c6c6ccccc46)C5)ccc32)cc1. The summed E-state index contributed by atoms with van der Waals surface area (Å²) >= 11 is 3.42. The summed E-state index contributed by atoms with van der Waals surface area (Å²) in [6, 6.07) is 168. The monoisotopic (exact) mass is 1890 g/mol. The molecule has 143 heavy (non-hydrogen) atoms. The van der Waals surface area contributed by atoms with Crippen LogP contribution in [0.5, 0.6) is 0 Å². The van der Waals surface area contributed by atoms with Crippen molar-refractivity contribution in [2.75, 3.05) is 0 Å². The van der Waals surface area contributed by atoms with E-state index in [0.29, 0.717) is 34.0 Å². The molecule has 0 unspecified atom stereocenters. The number of aromatic nitrogens is 9. The van der Waals surface area contributed by atoms with Crippen LogP contribution in [-0.2, 0) is 6.42 Å². The standard InChI is InChI=1S/C65H39N5O.C41H25NO.C25H16BrN3/c1-3-17-42(18-4-1)63-66-64(43-32-30-41(31-33-43)48-27-15-19-40-16-7-8-22-47(40)48)68-65(67-63)70-57-37-35-45(44-34-36-56-53(38-44)49-23-11-13-28-55(49)69(56)46-20-5-2-6-21-46)39-54(57)59-50-24-9-10-25-51(50)60-52-26-12-14-29-58(52)71-62(60)61(59)70;1-2-10-28(11-3-1)42-36-16-8-6-12-29(36)34-23-26(20-21-37(34)42)25-18-19-27-24-35-39(33(27)22-25)30-13-4-5-14-31(30)40-32-15-7-9-17-38(32)43-41(35)40;26-25-28-23(19-8-2-1-3-9-19)27-24(29-25)20-15-13-18(14-16-20)22-12-6-10-17-7-4-5-11-21(17)22/h1-39H;1-23H,24H2;1-16H. The van der Waals surface area contributed by atoms with E-state index in [1.54, 1.807) is 0 Å². The Kier molecular flexibility index (Phi) is 19.6. The highest BCUT2D eigenvalue weighted by atomic mass is 79.9. The third kappa shape index (κ3) is 13.9. The van der Waals surface area contributed by atoms with Gasteiger partial charge in [-0.05, 0) is 211 Å². The summed E-state index contributed by atoms with van der Waals surface area (Å²) < 4.78 is 21.1. The maximum absolute atomic E-state index is 7.03. The zero-order chi connectivity index (χ0) is 94.3. The lowest BCUT2D eigenvalue weighted by Gasteiger charge is -2.12. The Morgan fingerprint density at radius 1 is 0.217 bits per heavy atom. The zero-order valence-corrected chi connectivity index (χ0v) is 78.5. The number of rotatable bonds is 11. The topological polar surface area (TPSA) is 118 Å². The van der Waals surface area contributed by atoms with Crippen molar-refractivity contribution >= 4 is 168 Å². The first-order chi connectivity index (χ1) is 70.8. The van der Waals surface area contributed by atoms with Crippen molar-refractivity contribution in [1.82, 2.24) is 43.6 Å². The molecule has 0 atom stereocenters. The van der Waals surface area contributed by atoms with Gasteiger partial charge in [-0.15, -0.1) is 0 Å². The molecule has 0 radical (unpaired) electrons. The van der Waals surface area contributed by atoms with Crippen LogP contribution < -0.4 is 0 Å². The molecule has 0 saturated carbocycles. The fourth-order valence-electron chi connectivity index (χ4n) is 22.2. The largest absolute Gasteiger partial charge is 0.456 e. The summed E-state index contributed by atoms with van der Waals surface area (Å²) in [4.78, 5) is 29.6. The van der Waals surface area contributed by atoms with Gasteiger partial charge in [-0.3, -0.25) is 4.57 Å². The van der Waals surface area contributed by atoms with Gasteiger partial charge in [-0.1, -0.05) is 382 Å². The number of benzene rings is 22. The Morgan fingerprint density at radius 3 is 1.06 bits per heavy atom. The second kappa shape index (κ2) is 33.9. The predicted octanol–water partition coefficient (Wildman–Crippen LogP) is 34.8. The summed E-state index contributed by atoms with van der Waals surface area (Å²) in [6.07, 6.45) is 0.885. The van der Waals surface area contributed by atoms with E-state index in [-0.39, 0.29) is 0 Å². The van der Waals surface area contributed by atoms with E-state index in [0.717, 1.165) is 117 Å². The Labute approximate surface area is 828 Å². The fourth-order valence-corrected chi connectivity index (χ4v) is 22.5. The molecule has 0 saturated heterocycles. The van der Waals surface area contributed by atoms with Crippen LogP contribution in [0.25, 0.3) is 271 Å². The molecule has 11 nitrogen and oxygen atoms in total. The molecule has 12 heteroatoms. The third-order valence-electron chi connectivity index (χ3n) is 28.7. The average Bonchev–Trinajstić information content (AvgIpc) is 1.53. The van der Waals surface area contributed by atoms with E-state index in [1.807, 2.05) is 54.6 Å². The lowest BCUT2D eigenvalue weighted by Crippen LogP contribution is -2.06. The van der Waals surface area contributed by atoms with Gasteiger partial charge in [0.1, 0.15) is 22.3 Å². The fraction of sp³-hybridized carbons (Fsp3) is 0.00763. The lowest BCUT2D eigenvalue weighted by atomic mass is 9.92. The second-order valence-electron chi connectivity index (χ2n) is 36.7. The van der Waals surface area contributed by atoms with Crippen molar-refractivity contribution < 1.29 is 8.83 Å². The van der Waals surface area contributed by atoms with Gasteiger partial charge in [-0.2, -0.15) is 9.97 Å². The number of halogens is 1. The minimum absolute atomic E-state index is 0.506. The van der Waals surface area contributed by atoms with Gasteiger partial charge in [0.05, 0.1) is 27.6 Å². The maximum Gasteiger partial charge on any atom is 0.238 e. The summed E-state index contributed by atoms with van der Waals surface area (Å²) in [5.74, 6) is 2.97. The van der Waals surface area contributed by atoms with Crippen LogP contribution >= 0.6 is 15.9 Å². The van der Waals surface area contributed by atoms with Gasteiger partial charge in [0.15, 0.2) is 28.9 Å². The van der Waals surface area contributed by atoms with Gasteiger partial charge in [-0.25, -0.2) is 19.9 Å². The molecule has 1 aliphatic rings. The van der Waals surface area contributed by atoms with E-state index < -0.39 is 0 Å². The van der Waals surface area contributed by atoms with Gasteiger partial charge in [0.25, 0.3) is 0 Å². The number of hydrogen-bond donors (Lipinski definition) is 0. The lowest BCUT2D eigenvalue weighted by molar-refractivity contribution is 0.665. The first-order valence-electron chi connectivity index (χ1n) is 48.3. The number of furan rings is 2. The Balaban J connectivity index is 0.000000117. The van der Waals surface area contributed by atoms with Gasteiger partial charge < -0.3 is 18.0 Å². The third-order valence-corrected chi connectivity index (χ3v) is 29.0. The highest BCUT2D eigenvalue weighted by Gasteiger charge is 2.31. The van der Waals surface area contributed by atoms with E-state index >= 15 is 0 Å². The predicted molar refractivity (Wildman–Crippen MR) is 593 cm³/mol. The van der Waals surface area contributed by atoms with E-state index in [9.17, 15) is 0 Å². The first-order valence-corrected chi connectivity index (χ1v) is 49.0. The van der Waals surface area contributed by atoms with Crippen LogP contribution in [-0.4, -0.2) is 43.6 Å². The molecule has 7 aromatic heterocycles. The minimum Gasteiger partial charge on any atom is -0.456 e. The summed E-state index contributed by atoms with van der Waals surface area (Å²) in [5, 5.41) is 21.4. The Hall–Kier alpha value is -18.6. The van der Waals surface area contributed by atoms with Crippen molar-refractivity contribution in [2.45, 2.75) is 6.42 Å². The van der Waals surface area contributed by atoms with Crippen molar-refractivity contribution in [2.24, 2.45) is 0 Å². The van der Waals surface area contributed by atoms with Crippen LogP contribution in [0.3, 0.4) is 0 Å². The Morgan fingerprint density at radius 2 is 0.559 bits per heavy atom. The average molecular weight is 1890 g/mol. The van der Waals surface area contributed by atoms with Crippen LogP contribution in [0, 0.1) is 0 Å². The first kappa shape index (κ1) is 82.6. The molecule has 0 N–H and O–H groups in total. The minimum atomic E-state index is 0.506. The van der Waals surface area contributed by atoms with Crippen LogP contribution in [0.2, 0.25) is 0 Å². The second-order valence-corrected chi connectivity index (χ2v) is 37.4. The highest BCUT2D eigenvalue weighted by molar-refractivity contribution is 9.10. The number of nitrogens with zero attached hydrogens (tertiary/aromatic N) is 9. The van der Waals surface area contributed by atoms with Crippen LogP contribution in [0.4, 0.5) is 0 Å². The molecule has 0 spiro atoms. The number of hydrogen-bond acceptors (Lipinski definition) is 8. The van der Waals surface area contributed by atoms with Crippen molar-refractivity contribution in [1.29, 1.82) is 0 Å². The van der Waals surface area contributed by atoms with E-state index in [2.05, 4.69) is 463 Å². The zero-order valence-electron chi connectivity index (χ0n) is 77.0. The molecule has 0 amide bonds. The summed E-state index contributed by atoms with van der Waals surface area (Å²) in [7, 11) is 0. The van der Waals surface area contributed by atoms with Crippen molar-refractivity contribution in [3.63, 3.8) is 0 Å². The van der Waals surface area contributed by atoms with Crippen LogP contribution in [0.15, 0.2) is 487 Å². The molecule has 0 fully saturated rings. The molecule has 0 aliphatic heterocycles. The van der Waals surface area contributed by atoms with Crippen molar-refractivity contribution in [3.8, 4) is 119 Å². The molecular formula is C131H80BrN9O2. The molecule has 22 aromatic carbocycles. The smallest absolute Gasteiger partial charge is 0.238 e. The summed E-state index contributed by atoms with van der Waals surface area (Å²) in [5.41, 5.74) is 31.0. The van der Waals surface area contributed by atoms with Crippen LogP contribution in [0.1, 0.15) is 11.1 Å². The summed E-state index contributed by atoms with van der Waals surface area (Å²) in [6.45, 7) is 0. The highest BCUT2D eigenvalue weighted by Crippen LogP contribution is 2.52. The molecule has 7 heterocycles. The molecule has 30 rings (SSSR count). The van der Waals surface area contributed by atoms with Gasteiger partial charge >= 0.3 is 0 Å². The molecule has 668 valence electrons.